The summed E-state index contributed by atoms with van der Waals surface area (Å²) < 4.78 is 6.48. The number of morpholine rings is 1. The topological polar surface area (TPSA) is 48.9 Å². The molecule has 1 amide bonds. The van der Waals surface area contributed by atoms with Gasteiger partial charge in [-0.1, -0.05) is 22.9 Å². The molecule has 6 nitrogen and oxygen atoms in total. The van der Waals surface area contributed by atoms with Crippen molar-refractivity contribution >= 4 is 62.3 Å². The van der Waals surface area contributed by atoms with Crippen LogP contribution in [0.15, 0.2) is 36.4 Å². The Morgan fingerprint density at radius 2 is 1.85 bits per heavy atom. The zero-order valence-electron chi connectivity index (χ0n) is 19.2. The molecule has 3 aromatic rings. The minimum atomic E-state index is -0.0277. The number of halogens is 2. The number of carbonyl (C=O) groups excluding carboxylic acids is 1. The van der Waals surface area contributed by atoms with E-state index in [1.807, 2.05) is 67.2 Å². The van der Waals surface area contributed by atoms with Crippen molar-refractivity contribution in [1.29, 1.82) is 0 Å². The fraction of sp³-hybridized carbons (Fsp3) is 0.417. The third-order valence-electron chi connectivity index (χ3n) is 5.80. The van der Waals surface area contributed by atoms with Crippen LogP contribution >= 0.6 is 35.3 Å². The first kappa shape index (κ1) is 25.7. The first-order chi connectivity index (χ1) is 15.4. The number of nitrogens with zero attached hydrogens (tertiary/aromatic N) is 4. The van der Waals surface area contributed by atoms with Crippen molar-refractivity contribution in [2.24, 2.45) is 0 Å². The summed E-state index contributed by atoms with van der Waals surface area (Å²) in [5, 5.41) is 1.41. The average Bonchev–Trinajstić information content (AvgIpc) is 3.24. The van der Waals surface area contributed by atoms with Crippen molar-refractivity contribution < 1.29 is 9.53 Å². The van der Waals surface area contributed by atoms with Crippen LogP contribution in [0.4, 0.5) is 10.8 Å². The molecule has 178 valence electrons. The highest BCUT2D eigenvalue weighted by Gasteiger charge is 2.22. The van der Waals surface area contributed by atoms with Crippen molar-refractivity contribution in [1.82, 2.24) is 9.88 Å². The number of carbonyl (C=O) groups is 1. The highest BCUT2D eigenvalue weighted by atomic mass is 35.5. The fourth-order valence-electron chi connectivity index (χ4n) is 3.82. The molecule has 4 rings (SSSR count). The Bertz CT molecular complexity index is 1080. The van der Waals surface area contributed by atoms with Crippen LogP contribution in [0.3, 0.4) is 0 Å². The van der Waals surface area contributed by atoms with Crippen molar-refractivity contribution in [3.63, 3.8) is 0 Å². The highest BCUT2D eigenvalue weighted by molar-refractivity contribution is 7.22. The van der Waals surface area contributed by atoms with Crippen molar-refractivity contribution in [3.8, 4) is 0 Å². The largest absolute Gasteiger partial charge is 0.379 e. The molecule has 2 aromatic carbocycles. The molecule has 1 aliphatic rings. The number of thiazole rings is 1. The van der Waals surface area contributed by atoms with Gasteiger partial charge in [-0.3, -0.25) is 14.6 Å². The van der Waals surface area contributed by atoms with Gasteiger partial charge < -0.3 is 9.64 Å². The molecule has 0 N–H and O–H groups in total. The lowest BCUT2D eigenvalue weighted by molar-refractivity contribution is 0.0376. The molecule has 2 heterocycles. The minimum absolute atomic E-state index is 0. The maximum absolute atomic E-state index is 13.6. The zero-order chi connectivity index (χ0) is 22.7. The molecule has 0 unspecified atom stereocenters. The second-order valence-corrected chi connectivity index (χ2v) is 9.64. The Morgan fingerprint density at radius 1 is 1.15 bits per heavy atom. The molecular formula is C24H30Cl2N4O2S. The third kappa shape index (κ3) is 5.97. The Morgan fingerprint density at radius 3 is 2.52 bits per heavy atom. The normalized spacial score (nSPS) is 14.2. The van der Waals surface area contributed by atoms with Crippen molar-refractivity contribution in [2.75, 3.05) is 63.3 Å². The van der Waals surface area contributed by atoms with Crippen molar-refractivity contribution in [2.45, 2.75) is 13.3 Å². The summed E-state index contributed by atoms with van der Waals surface area (Å²) >= 11 is 7.85. The van der Waals surface area contributed by atoms with Gasteiger partial charge >= 0.3 is 0 Å². The first-order valence-electron chi connectivity index (χ1n) is 10.9. The van der Waals surface area contributed by atoms with Crippen molar-refractivity contribution in [3.05, 3.63) is 52.5 Å². The van der Waals surface area contributed by atoms with E-state index >= 15 is 0 Å². The van der Waals surface area contributed by atoms with E-state index in [9.17, 15) is 4.79 Å². The number of fused-ring (bicyclic) bond motifs is 1. The van der Waals surface area contributed by atoms with E-state index in [0.717, 1.165) is 60.7 Å². The summed E-state index contributed by atoms with van der Waals surface area (Å²) in [6, 6.07) is 11.6. The van der Waals surface area contributed by atoms with E-state index < -0.39 is 0 Å². The molecule has 0 radical (unpaired) electrons. The van der Waals surface area contributed by atoms with Gasteiger partial charge in [-0.05, 0) is 55.3 Å². The van der Waals surface area contributed by atoms with Crippen LogP contribution in [0.5, 0.6) is 0 Å². The van der Waals surface area contributed by atoms with Gasteiger partial charge in [0.15, 0.2) is 5.13 Å². The average molecular weight is 510 g/mol. The van der Waals surface area contributed by atoms with E-state index in [4.69, 9.17) is 21.3 Å². The number of benzene rings is 2. The predicted molar refractivity (Wildman–Crippen MR) is 141 cm³/mol. The van der Waals surface area contributed by atoms with E-state index in [1.165, 1.54) is 11.3 Å². The van der Waals surface area contributed by atoms with Crippen LogP contribution in [0, 0.1) is 6.92 Å². The van der Waals surface area contributed by atoms with Crippen LogP contribution in [-0.4, -0.2) is 69.3 Å². The second kappa shape index (κ2) is 11.5. The van der Waals surface area contributed by atoms with E-state index in [-0.39, 0.29) is 18.3 Å². The highest BCUT2D eigenvalue weighted by Crippen LogP contribution is 2.34. The van der Waals surface area contributed by atoms with Crippen LogP contribution in [0.1, 0.15) is 22.3 Å². The molecule has 0 spiro atoms. The SMILES string of the molecule is Cc1c(Cl)ccc2sc(N(CCCN3CCOCC3)C(=O)c3ccc(N(C)C)cc3)nc12.Cl. The fourth-order valence-corrected chi connectivity index (χ4v) is 5.03. The molecule has 9 heteroatoms. The van der Waals surface area contributed by atoms with Crippen LogP contribution in [-0.2, 0) is 4.74 Å². The molecular weight excluding hydrogens is 479 g/mol. The number of amides is 1. The van der Waals surface area contributed by atoms with Gasteiger partial charge in [0.1, 0.15) is 0 Å². The molecule has 0 aliphatic carbocycles. The first-order valence-corrected chi connectivity index (χ1v) is 12.1. The molecule has 33 heavy (non-hydrogen) atoms. The van der Waals surface area contributed by atoms with E-state index in [0.29, 0.717) is 22.3 Å². The van der Waals surface area contributed by atoms with Crippen LogP contribution in [0.25, 0.3) is 10.2 Å². The van der Waals surface area contributed by atoms with Gasteiger partial charge in [-0.25, -0.2) is 4.98 Å². The molecule has 1 aliphatic heterocycles. The summed E-state index contributed by atoms with van der Waals surface area (Å²) in [6.45, 7) is 6.95. The molecule has 1 aromatic heterocycles. The number of rotatable bonds is 7. The lowest BCUT2D eigenvalue weighted by Crippen LogP contribution is -2.39. The predicted octanol–water partition coefficient (Wildman–Crippen LogP) is 5.12. The number of aromatic nitrogens is 1. The Balaban J connectivity index is 0.00000306. The zero-order valence-corrected chi connectivity index (χ0v) is 21.6. The third-order valence-corrected chi connectivity index (χ3v) is 7.26. The molecule has 1 fully saturated rings. The van der Waals surface area contributed by atoms with Gasteiger partial charge in [0.05, 0.1) is 23.4 Å². The lowest BCUT2D eigenvalue weighted by atomic mass is 10.1. The van der Waals surface area contributed by atoms with Gasteiger partial charge in [-0.2, -0.15) is 0 Å². The second-order valence-electron chi connectivity index (χ2n) is 8.22. The number of hydrogen-bond acceptors (Lipinski definition) is 6. The smallest absolute Gasteiger partial charge is 0.260 e. The van der Waals surface area contributed by atoms with E-state index in [1.54, 1.807) is 0 Å². The van der Waals surface area contributed by atoms with Crippen LogP contribution in [0.2, 0.25) is 5.02 Å². The van der Waals surface area contributed by atoms with Gasteiger partial charge in [-0.15, -0.1) is 12.4 Å². The summed E-state index contributed by atoms with van der Waals surface area (Å²) in [7, 11) is 3.98. The maximum Gasteiger partial charge on any atom is 0.260 e. The monoisotopic (exact) mass is 508 g/mol. The number of ether oxygens (including phenoxy) is 1. The minimum Gasteiger partial charge on any atom is -0.379 e. The molecule has 0 saturated carbocycles. The molecule has 0 atom stereocenters. The standard InChI is InChI=1S/C24H29ClN4O2S.ClH/c1-17-20(25)9-10-21-22(17)26-24(32-21)29(12-4-11-28-13-15-31-16-14-28)23(30)18-5-7-19(8-6-18)27(2)3;/h5-10H,4,11-16H2,1-3H3;1H. The van der Waals surface area contributed by atoms with Gasteiger partial charge in [0.2, 0.25) is 0 Å². The maximum atomic E-state index is 13.6. The van der Waals surface area contributed by atoms with Gasteiger partial charge in [0, 0.05) is 56.5 Å². The number of aryl methyl sites for hydroxylation is 1. The molecule has 0 bridgehead atoms. The summed E-state index contributed by atoms with van der Waals surface area (Å²) in [6.07, 6.45) is 0.872. The summed E-state index contributed by atoms with van der Waals surface area (Å²) in [4.78, 5) is 24.6. The van der Waals surface area contributed by atoms with Gasteiger partial charge in [0.25, 0.3) is 5.91 Å². The molecule has 1 saturated heterocycles. The lowest BCUT2D eigenvalue weighted by Gasteiger charge is -2.27. The Kier molecular flexibility index (Phi) is 8.95. The Hall–Kier alpha value is -1.90. The summed E-state index contributed by atoms with van der Waals surface area (Å²) in [5.74, 6) is -0.0277. The van der Waals surface area contributed by atoms with Crippen LogP contribution < -0.4 is 9.80 Å². The van der Waals surface area contributed by atoms with E-state index in [2.05, 4.69) is 4.90 Å². The number of anilines is 2. The summed E-state index contributed by atoms with van der Waals surface area (Å²) in [5.41, 5.74) is 3.54. The number of hydrogen-bond donors (Lipinski definition) is 0. The quantitative estimate of drug-likeness (QED) is 0.443. The Labute approximate surface area is 210 Å².